The monoisotopic (exact) mass is 332 g/mol. The van der Waals surface area contributed by atoms with Gasteiger partial charge in [-0.25, -0.2) is 4.79 Å². The zero-order valence-electron chi connectivity index (χ0n) is 14.6. The Morgan fingerprint density at radius 2 is 1.96 bits per heavy atom. The Labute approximate surface area is 144 Å². The summed E-state index contributed by atoms with van der Waals surface area (Å²) in [5.74, 6) is 0.0311. The summed E-state index contributed by atoms with van der Waals surface area (Å²) in [5.41, 5.74) is 7.83. The third-order valence-corrected chi connectivity index (χ3v) is 4.46. The van der Waals surface area contributed by atoms with Crippen molar-refractivity contribution < 1.29 is 9.59 Å². The maximum atomic E-state index is 12.3. The van der Waals surface area contributed by atoms with Crippen molar-refractivity contribution >= 4 is 11.9 Å². The van der Waals surface area contributed by atoms with E-state index in [0.29, 0.717) is 26.2 Å². The van der Waals surface area contributed by atoms with Gasteiger partial charge in [0.25, 0.3) is 0 Å². The molecule has 1 aliphatic heterocycles. The fourth-order valence-electron chi connectivity index (χ4n) is 3.09. The highest BCUT2D eigenvalue weighted by molar-refractivity contribution is 5.78. The summed E-state index contributed by atoms with van der Waals surface area (Å²) in [6.07, 6.45) is 1.67. The molecule has 1 aromatic rings. The second kappa shape index (κ2) is 8.68. The number of primary amides is 1. The first-order valence-corrected chi connectivity index (χ1v) is 8.56. The summed E-state index contributed by atoms with van der Waals surface area (Å²) in [6.45, 7) is 7.22. The first-order valence-electron chi connectivity index (χ1n) is 8.56. The van der Waals surface area contributed by atoms with Gasteiger partial charge in [0.05, 0.1) is 6.54 Å². The Balaban J connectivity index is 1.78. The van der Waals surface area contributed by atoms with E-state index in [1.165, 1.54) is 11.1 Å². The van der Waals surface area contributed by atoms with E-state index < -0.39 is 0 Å². The van der Waals surface area contributed by atoms with Gasteiger partial charge >= 0.3 is 6.03 Å². The van der Waals surface area contributed by atoms with Gasteiger partial charge in [-0.1, -0.05) is 24.3 Å². The Morgan fingerprint density at radius 1 is 1.21 bits per heavy atom. The molecule has 0 unspecified atom stereocenters. The molecule has 0 saturated carbocycles. The Hall–Kier alpha value is -2.08. The number of carbonyl (C=O) groups is 2. The number of rotatable bonds is 5. The molecule has 3 amide bonds. The summed E-state index contributed by atoms with van der Waals surface area (Å²) in [7, 11) is 0. The molecular formula is C18H28N4O2. The third kappa shape index (κ3) is 5.53. The number of urea groups is 1. The molecule has 1 aromatic carbocycles. The van der Waals surface area contributed by atoms with Crippen LogP contribution in [0.2, 0.25) is 0 Å². The van der Waals surface area contributed by atoms with Crippen LogP contribution in [-0.4, -0.2) is 60.5 Å². The van der Waals surface area contributed by atoms with Crippen molar-refractivity contribution in [1.82, 2.24) is 15.1 Å². The minimum Gasteiger partial charge on any atom is -0.352 e. The minimum atomic E-state index is -0.381. The number of nitrogens with two attached hydrogens (primary N) is 1. The van der Waals surface area contributed by atoms with Crippen LogP contribution in [0, 0.1) is 6.92 Å². The van der Waals surface area contributed by atoms with Gasteiger partial charge in [0, 0.05) is 32.2 Å². The molecule has 0 radical (unpaired) electrons. The molecule has 0 spiro atoms. The zero-order chi connectivity index (χ0) is 17.5. The van der Waals surface area contributed by atoms with Gasteiger partial charge < -0.3 is 16.0 Å². The Bertz CT molecular complexity index is 576. The van der Waals surface area contributed by atoms with Gasteiger partial charge in [0.15, 0.2) is 0 Å². The number of hydrogen-bond donors (Lipinski definition) is 2. The molecule has 1 fully saturated rings. The molecular weight excluding hydrogens is 304 g/mol. The molecule has 1 heterocycles. The van der Waals surface area contributed by atoms with Crippen molar-refractivity contribution in [3.05, 3.63) is 35.4 Å². The average molecular weight is 332 g/mol. The zero-order valence-corrected chi connectivity index (χ0v) is 14.6. The van der Waals surface area contributed by atoms with E-state index in [1.54, 1.807) is 4.90 Å². The van der Waals surface area contributed by atoms with Gasteiger partial charge in [0.1, 0.15) is 0 Å². The van der Waals surface area contributed by atoms with Crippen molar-refractivity contribution in [2.45, 2.75) is 32.7 Å². The highest BCUT2D eigenvalue weighted by atomic mass is 16.2. The molecule has 0 aromatic heterocycles. The maximum absolute atomic E-state index is 12.3. The number of aryl methyl sites for hydroxylation is 1. The minimum absolute atomic E-state index is 0.0311. The lowest BCUT2D eigenvalue weighted by atomic mass is 10.0. The number of nitrogens with one attached hydrogen (secondary N) is 1. The summed E-state index contributed by atoms with van der Waals surface area (Å²) in [6, 6.07) is 7.95. The van der Waals surface area contributed by atoms with E-state index in [1.807, 2.05) is 19.1 Å². The van der Waals surface area contributed by atoms with Crippen molar-refractivity contribution in [3.63, 3.8) is 0 Å². The van der Waals surface area contributed by atoms with Crippen LogP contribution in [0.4, 0.5) is 4.79 Å². The molecule has 1 aliphatic rings. The molecule has 3 N–H and O–H groups in total. The van der Waals surface area contributed by atoms with Crippen LogP contribution >= 0.6 is 0 Å². The molecule has 6 nitrogen and oxygen atoms in total. The van der Waals surface area contributed by atoms with Crippen LogP contribution in [0.25, 0.3) is 0 Å². The lowest BCUT2D eigenvalue weighted by Gasteiger charge is -2.22. The van der Waals surface area contributed by atoms with Crippen molar-refractivity contribution in [3.8, 4) is 0 Å². The van der Waals surface area contributed by atoms with Crippen LogP contribution in [0.3, 0.4) is 0 Å². The van der Waals surface area contributed by atoms with Crippen molar-refractivity contribution in [2.75, 3.05) is 32.7 Å². The molecule has 24 heavy (non-hydrogen) atoms. The number of nitrogens with zero attached hydrogens (tertiary/aromatic N) is 2. The van der Waals surface area contributed by atoms with Gasteiger partial charge in [-0.15, -0.1) is 0 Å². The quantitative estimate of drug-likeness (QED) is 0.848. The SMILES string of the molecule is Cc1ccccc1C[C@@H](C)NC(=O)CN1CCCN(C(N)=O)CC1. The van der Waals surface area contributed by atoms with E-state index in [9.17, 15) is 9.59 Å². The Morgan fingerprint density at radius 3 is 2.67 bits per heavy atom. The van der Waals surface area contributed by atoms with Gasteiger partial charge in [-0.05, 0) is 37.8 Å². The van der Waals surface area contributed by atoms with Crippen LogP contribution in [0.15, 0.2) is 24.3 Å². The van der Waals surface area contributed by atoms with Crippen molar-refractivity contribution in [2.24, 2.45) is 5.73 Å². The Kier molecular flexibility index (Phi) is 6.61. The molecule has 0 aliphatic carbocycles. The van der Waals surface area contributed by atoms with Crippen LogP contribution in [0.1, 0.15) is 24.5 Å². The smallest absolute Gasteiger partial charge is 0.314 e. The predicted octanol–water partition coefficient (Wildman–Crippen LogP) is 1.13. The lowest BCUT2D eigenvalue weighted by molar-refractivity contribution is -0.122. The van der Waals surface area contributed by atoms with Crippen LogP contribution in [-0.2, 0) is 11.2 Å². The van der Waals surface area contributed by atoms with Crippen LogP contribution < -0.4 is 11.1 Å². The number of carbonyl (C=O) groups excluding carboxylic acids is 2. The second-order valence-corrected chi connectivity index (χ2v) is 6.55. The average Bonchev–Trinajstić information content (AvgIpc) is 2.75. The molecule has 132 valence electrons. The number of hydrogen-bond acceptors (Lipinski definition) is 3. The highest BCUT2D eigenvalue weighted by Crippen LogP contribution is 2.09. The first kappa shape index (κ1) is 18.3. The number of benzene rings is 1. The largest absolute Gasteiger partial charge is 0.352 e. The second-order valence-electron chi connectivity index (χ2n) is 6.55. The summed E-state index contributed by atoms with van der Waals surface area (Å²) >= 11 is 0. The molecule has 1 saturated heterocycles. The lowest BCUT2D eigenvalue weighted by Crippen LogP contribution is -2.43. The van der Waals surface area contributed by atoms with Gasteiger partial charge in [-0.3, -0.25) is 9.69 Å². The molecule has 2 rings (SSSR count). The third-order valence-electron chi connectivity index (χ3n) is 4.46. The highest BCUT2D eigenvalue weighted by Gasteiger charge is 2.19. The van der Waals surface area contributed by atoms with E-state index in [0.717, 1.165) is 19.4 Å². The van der Waals surface area contributed by atoms with Gasteiger partial charge in [0.2, 0.25) is 5.91 Å². The summed E-state index contributed by atoms with van der Waals surface area (Å²) in [4.78, 5) is 27.2. The summed E-state index contributed by atoms with van der Waals surface area (Å²) < 4.78 is 0. The standard InChI is InChI=1S/C18H28N4O2/c1-14-6-3-4-7-16(14)12-15(2)20-17(23)13-21-8-5-9-22(11-10-21)18(19)24/h3-4,6-7,15H,5,8-13H2,1-2H3,(H2,19,24)(H,20,23)/t15-/m1/s1. The topological polar surface area (TPSA) is 78.7 Å². The van der Waals surface area contributed by atoms with E-state index in [-0.39, 0.29) is 18.0 Å². The molecule has 0 bridgehead atoms. The van der Waals surface area contributed by atoms with Crippen molar-refractivity contribution in [1.29, 1.82) is 0 Å². The number of amides is 3. The fraction of sp³-hybridized carbons (Fsp3) is 0.556. The van der Waals surface area contributed by atoms with Crippen LogP contribution in [0.5, 0.6) is 0 Å². The van der Waals surface area contributed by atoms with Gasteiger partial charge in [-0.2, -0.15) is 0 Å². The predicted molar refractivity (Wildman–Crippen MR) is 94.7 cm³/mol. The first-order chi connectivity index (χ1) is 11.5. The molecule has 1 atom stereocenters. The molecule has 6 heteroatoms. The van der Waals surface area contributed by atoms with E-state index in [4.69, 9.17) is 5.73 Å². The van der Waals surface area contributed by atoms with E-state index >= 15 is 0 Å². The summed E-state index contributed by atoms with van der Waals surface area (Å²) in [5, 5.41) is 3.07. The van der Waals surface area contributed by atoms with E-state index in [2.05, 4.69) is 29.3 Å². The fourth-order valence-corrected chi connectivity index (χ4v) is 3.09. The normalized spacial score (nSPS) is 17.2. The maximum Gasteiger partial charge on any atom is 0.314 e.